The van der Waals surface area contributed by atoms with Gasteiger partial charge in [0.05, 0.1) is 0 Å². The number of Topliss-reactive ketones (excluding diaryl/α,β-unsaturated/α-hetero) is 1. The van der Waals surface area contributed by atoms with E-state index in [1.165, 1.54) is 7.05 Å². The Labute approximate surface area is 140 Å². The molecular weight excluding hydrogens is 306 g/mol. The zero-order chi connectivity index (χ0) is 17.4. The van der Waals surface area contributed by atoms with Crippen LogP contribution in [-0.2, 0) is 4.79 Å². The molecule has 3 N–H and O–H groups in total. The molecule has 2 aromatic carbocycles. The maximum Gasteiger partial charge on any atom is 0.318 e. The van der Waals surface area contributed by atoms with Gasteiger partial charge in [-0.05, 0) is 18.2 Å². The molecule has 2 rings (SSSR count). The van der Waals surface area contributed by atoms with Gasteiger partial charge in [0.1, 0.15) is 0 Å². The van der Waals surface area contributed by atoms with E-state index in [1.54, 1.807) is 48.5 Å². The van der Waals surface area contributed by atoms with Crippen LogP contribution in [0.1, 0.15) is 23.2 Å². The highest BCUT2D eigenvalue weighted by atomic mass is 16.2. The first kappa shape index (κ1) is 17.2. The summed E-state index contributed by atoms with van der Waals surface area (Å²) in [5, 5.41) is 7.79. The molecule has 3 amide bonds. The van der Waals surface area contributed by atoms with Crippen molar-refractivity contribution >= 4 is 29.1 Å². The van der Waals surface area contributed by atoms with Crippen LogP contribution in [-0.4, -0.2) is 24.8 Å². The van der Waals surface area contributed by atoms with E-state index < -0.39 is 0 Å². The molecule has 0 aliphatic rings. The normalized spacial score (nSPS) is 9.88. The molecule has 0 saturated carbocycles. The molecule has 0 aliphatic heterocycles. The highest BCUT2D eigenvalue weighted by Gasteiger charge is 2.09. The smallest absolute Gasteiger partial charge is 0.318 e. The third-order valence-corrected chi connectivity index (χ3v) is 3.31. The number of hydrogen-bond donors (Lipinski definition) is 3. The molecule has 6 heteroatoms. The minimum Gasteiger partial charge on any atom is -0.341 e. The number of carbonyl (C=O) groups is 3. The first-order valence-corrected chi connectivity index (χ1v) is 7.55. The number of anilines is 2. The zero-order valence-corrected chi connectivity index (χ0v) is 13.3. The van der Waals surface area contributed by atoms with Crippen LogP contribution in [0.5, 0.6) is 0 Å². The van der Waals surface area contributed by atoms with Crippen molar-refractivity contribution in [2.24, 2.45) is 0 Å². The summed E-state index contributed by atoms with van der Waals surface area (Å²) in [6.07, 6.45) is 0.243. The Hall–Kier alpha value is -3.15. The summed E-state index contributed by atoms with van der Waals surface area (Å²) in [6.45, 7) is 0. The average molecular weight is 325 g/mol. The molecule has 0 aliphatic carbocycles. The lowest BCUT2D eigenvalue weighted by molar-refractivity contribution is -0.116. The van der Waals surface area contributed by atoms with Crippen LogP contribution in [0.25, 0.3) is 0 Å². The minimum atomic E-state index is -0.341. The number of rotatable bonds is 6. The second kappa shape index (κ2) is 8.47. The van der Waals surface area contributed by atoms with E-state index >= 15 is 0 Å². The number of amides is 3. The van der Waals surface area contributed by atoms with E-state index in [2.05, 4.69) is 16.0 Å². The quantitative estimate of drug-likeness (QED) is 0.713. The molecule has 6 nitrogen and oxygen atoms in total. The first-order chi connectivity index (χ1) is 11.6. The fourth-order valence-electron chi connectivity index (χ4n) is 2.09. The van der Waals surface area contributed by atoms with Crippen LogP contribution in [0, 0.1) is 0 Å². The molecule has 0 heterocycles. The lowest BCUT2D eigenvalue weighted by atomic mass is 10.1. The lowest BCUT2D eigenvalue weighted by Crippen LogP contribution is -2.24. The van der Waals surface area contributed by atoms with E-state index in [0.717, 1.165) is 0 Å². The minimum absolute atomic E-state index is 0.0687. The Morgan fingerprint density at radius 1 is 0.833 bits per heavy atom. The summed E-state index contributed by atoms with van der Waals surface area (Å²) in [4.78, 5) is 35.2. The molecule has 0 spiro atoms. The first-order valence-electron chi connectivity index (χ1n) is 7.55. The molecule has 0 bridgehead atoms. The largest absolute Gasteiger partial charge is 0.341 e. The molecule has 0 radical (unpaired) electrons. The molecule has 0 aromatic heterocycles. The number of urea groups is 1. The Morgan fingerprint density at radius 2 is 1.50 bits per heavy atom. The summed E-state index contributed by atoms with van der Waals surface area (Å²) in [6, 6.07) is 15.3. The number of hydrogen-bond acceptors (Lipinski definition) is 3. The fourth-order valence-corrected chi connectivity index (χ4v) is 2.09. The van der Waals surface area contributed by atoms with Crippen LogP contribution in [0.4, 0.5) is 16.2 Å². The van der Waals surface area contributed by atoms with Gasteiger partial charge in [-0.1, -0.05) is 36.4 Å². The van der Waals surface area contributed by atoms with Crippen molar-refractivity contribution < 1.29 is 14.4 Å². The predicted octanol–water partition coefficient (Wildman–Crippen LogP) is 3.04. The van der Waals surface area contributed by atoms with E-state index in [4.69, 9.17) is 0 Å². The highest BCUT2D eigenvalue weighted by molar-refractivity contribution is 6.00. The summed E-state index contributed by atoms with van der Waals surface area (Å²) in [5.41, 5.74) is 1.72. The number of benzene rings is 2. The van der Waals surface area contributed by atoms with E-state index in [-0.39, 0.29) is 30.6 Å². The average Bonchev–Trinajstić information content (AvgIpc) is 2.60. The standard InChI is InChI=1S/C18H19N3O3/c1-19-18(24)21-15-9-5-8-14(12-15)20-17(23)11-10-16(22)13-6-3-2-4-7-13/h2-9,12H,10-11H2,1H3,(H,20,23)(H2,19,21,24). The third-order valence-electron chi connectivity index (χ3n) is 3.31. The van der Waals surface area contributed by atoms with Gasteiger partial charge >= 0.3 is 6.03 Å². The highest BCUT2D eigenvalue weighted by Crippen LogP contribution is 2.15. The molecule has 0 atom stereocenters. The topological polar surface area (TPSA) is 87.3 Å². The molecule has 0 unspecified atom stereocenters. The van der Waals surface area contributed by atoms with Crippen molar-refractivity contribution in [2.75, 3.05) is 17.7 Å². The molecule has 0 fully saturated rings. The second-order valence-corrected chi connectivity index (χ2v) is 5.12. The molecule has 24 heavy (non-hydrogen) atoms. The van der Waals surface area contributed by atoms with Crippen molar-refractivity contribution in [2.45, 2.75) is 12.8 Å². The predicted molar refractivity (Wildman–Crippen MR) is 93.2 cm³/mol. The lowest BCUT2D eigenvalue weighted by Gasteiger charge is -2.08. The van der Waals surface area contributed by atoms with Gasteiger partial charge in [0.2, 0.25) is 5.91 Å². The molecule has 0 saturated heterocycles. The monoisotopic (exact) mass is 325 g/mol. The molecule has 2 aromatic rings. The van der Waals surface area contributed by atoms with Crippen LogP contribution >= 0.6 is 0 Å². The van der Waals surface area contributed by atoms with Crippen molar-refractivity contribution in [3.05, 3.63) is 60.2 Å². The van der Waals surface area contributed by atoms with E-state index in [9.17, 15) is 14.4 Å². The van der Waals surface area contributed by atoms with Gasteiger partial charge in [-0.3, -0.25) is 9.59 Å². The summed E-state index contributed by atoms with van der Waals surface area (Å²) < 4.78 is 0. The third kappa shape index (κ3) is 5.24. The van der Waals surface area contributed by atoms with Crippen LogP contribution < -0.4 is 16.0 Å². The Kier molecular flexibility index (Phi) is 6.08. The van der Waals surface area contributed by atoms with Crippen LogP contribution in [0.15, 0.2) is 54.6 Å². The van der Waals surface area contributed by atoms with E-state index in [0.29, 0.717) is 16.9 Å². The molecular formula is C18H19N3O3. The van der Waals surface area contributed by atoms with Gasteiger partial charge in [0.15, 0.2) is 5.78 Å². The van der Waals surface area contributed by atoms with Crippen molar-refractivity contribution in [3.63, 3.8) is 0 Å². The maximum atomic E-state index is 12.0. The van der Waals surface area contributed by atoms with E-state index in [1.807, 2.05) is 6.07 Å². The van der Waals surface area contributed by atoms with Crippen LogP contribution in [0.3, 0.4) is 0 Å². The summed E-state index contributed by atoms with van der Waals surface area (Å²) in [7, 11) is 1.52. The van der Waals surface area contributed by atoms with Gasteiger partial charge in [-0.15, -0.1) is 0 Å². The Balaban J connectivity index is 1.87. The van der Waals surface area contributed by atoms with Crippen LogP contribution in [0.2, 0.25) is 0 Å². The summed E-state index contributed by atoms with van der Waals surface area (Å²) in [5.74, 6) is -0.322. The van der Waals surface area contributed by atoms with Gasteiger partial charge in [-0.25, -0.2) is 4.79 Å². The van der Waals surface area contributed by atoms with Crippen molar-refractivity contribution in [1.29, 1.82) is 0 Å². The fraction of sp³-hybridized carbons (Fsp3) is 0.167. The Morgan fingerprint density at radius 3 is 2.17 bits per heavy atom. The number of nitrogens with one attached hydrogen (secondary N) is 3. The Bertz CT molecular complexity index is 729. The van der Waals surface area contributed by atoms with Gasteiger partial charge in [0, 0.05) is 36.8 Å². The maximum absolute atomic E-state index is 12.0. The summed E-state index contributed by atoms with van der Waals surface area (Å²) >= 11 is 0. The zero-order valence-electron chi connectivity index (χ0n) is 13.3. The molecule has 124 valence electrons. The second-order valence-electron chi connectivity index (χ2n) is 5.12. The van der Waals surface area contributed by atoms with Gasteiger partial charge < -0.3 is 16.0 Å². The van der Waals surface area contributed by atoms with Gasteiger partial charge in [0.25, 0.3) is 0 Å². The van der Waals surface area contributed by atoms with Crippen molar-refractivity contribution in [1.82, 2.24) is 5.32 Å². The van der Waals surface area contributed by atoms with Crippen molar-refractivity contribution in [3.8, 4) is 0 Å². The number of ketones is 1. The van der Waals surface area contributed by atoms with Gasteiger partial charge in [-0.2, -0.15) is 0 Å². The number of carbonyl (C=O) groups excluding carboxylic acids is 3. The SMILES string of the molecule is CNC(=O)Nc1cccc(NC(=O)CCC(=O)c2ccccc2)c1.